The molecule has 3 fully saturated rings. The Labute approximate surface area is 171 Å². The lowest BCUT2D eigenvalue weighted by Gasteiger charge is -2.38. The highest BCUT2D eigenvalue weighted by Crippen LogP contribution is 2.39. The molecule has 2 saturated carbocycles. The van der Waals surface area contributed by atoms with Crippen LogP contribution in [0, 0.1) is 17.8 Å². The number of nitrogens with one attached hydrogen (secondary N) is 1. The zero-order valence-electron chi connectivity index (χ0n) is 16.7. The van der Waals surface area contributed by atoms with Gasteiger partial charge in [0.2, 0.25) is 5.91 Å². The molecule has 0 radical (unpaired) electrons. The summed E-state index contributed by atoms with van der Waals surface area (Å²) in [5, 5.41) is 3.11. The third kappa shape index (κ3) is 4.54. The van der Waals surface area contributed by atoms with Crippen LogP contribution >= 0.6 is 11.8 Å². The minimum absolute atomic E-state index is 0.00304. The Kier molecular flexibility index (Phi) is 5.97. The summed E-state index contributed by atoms with van der Waals surface area (Å²) < 4.78 is 6.21. The van der Waals surface area contributed by atoms with E-state index in [-0.39, 0.29) is 24.0 Å². The topological polar surface area (TPSA) is 58.6 Å². The molecule has 2 aliphatic carbocycles. The van der Waals surface area contributed by atoms with E-state index >= 15 is 0 Å². The first kappa shape index (κ1) is 19.8. The van der Waals surface area contributed by atoms with E-state index in [1.165, 1.54) is 17.7 Å². The van der Waals surface area contributed by atoms with Crippen molar-refractivity contribution in [3.05, 3.63) is 29.8 Å². The van der Waals surface area contributed by atoms with Gasteiger partial charge in [-0.15, -0.1) is 11.8 Å². The van der Waals surface area contributed by atoms with E-state index < -0.39 is 0 Å². The number of hydrogen-bond acceptors (Lipinski definition) is 4. The van der Waals surface area contributed by atoms with Gasteiger partial charge in [-0.05, 0) is 74.0 Å². The van der Waals surface area contributed by atoms with Crippen molar-refractivity contribution in [2.45, 2.75) is 49.6 Å². The number of thioether (sulfide) groups is 1. The third-order valence-corrected chi connectivity index (χ3v) is 7.12. The summed E-state index contributed by atoms with van der Waals surface area (Å²) in [6.45, 7) is 3.96. The molecule has 0 bridgehead atoms. The number of amides is 2. The fourth-order valence-electron chi connectivity index (χ4n) is 4.64. The minimum Gasteiger partial charge on any atom is -0.376 e. The van der Waals surface area contributed by atoms with Gasteiger partial charge in [-0.25, -0.2) is 0 Å². The summed E-state index contributed by atoms with van der Waals surface area (Å²) in [6.07, 6.45) is 6.46. The number of ether oxygens (including phenoxy) is 1. The molecule has 1 heterocycles. The van der Waals surface area contributed by atoms with Crippen LogP contribution in [-0.4, -0.2) is 54.8 Å². The van der Waals surface area contributed by atoms with E-state index in [9.17, 15) is 9.59 Å². The van der Waals surface area contributed by atoms with Crippen LogP contribution in [0.2, 0.25) is 0 Å². The number of likely N-dealkylation sites (tertiary alicyclic amines) is 1. The second-order valence-electron chi connectivity index (χ2n) is 8.55. The van der Waals surface area contributed by atoms with Gasteiger partial charge in [-0.2, -0.15) is 0 Å². The molecule has 1 aliphatic heterocycles. The Bertz CT molecular complexity index is 719. The van der Waals surface area contributed by atoms with Crippen molar-refractivity contribution < 1.29 is 14.3 Å². The SMILES string of the molecule is CSc1ccc(C(=O)N2C[C@H]3C[C@@H](NC(C)=O)[C@H](OCC4CC4)C[C@H]3C2)cc1. The monoisotopic (exact) mass is 402 g/mol. The zero-order valence-corrected chi connectivity index (χ0v) is 17.5. The quantitative estimate of drug-likeness (QED) is 0.743. The number of nitrogens with zero attached hydrogens (tertiary/aromatic N) is 1. The van der Waals surface area contributed by atoms with Crippen molar-refractivity contribution in [3.63, 3.8) is 0 Å². The lowest BCUT2D eigenvalue weighted by molar-refractivity contribution is -0.122. The molecule has 28 heavy (non-hydrogen) atoms. The van der Waals surface area contributed by atoms with Crippen molar-refractivity contribution in [2.75, 3.05) is 26.0 Å². The Morgan fingerprint density at radius 2 is 1.82 bits per heavy atom. The number of hydrogen-bond donors (Lipinski definition) is 1. The molecule has 3 aliphatic rings. The van der Waals surface area contributed by atoms with Crippen LogP contribution in [0.15, 0.2) is 29.2 Å². The molecule has 1 saturated heterocycles. The van der Waals surface area contributed by atoms with Crippen LogP contribution < -0.4 is 5.32 Å². The maximum atomic E-state index is 13.0. The van der Waals surface area contributed by atoms with Crippen LogP contribution in [0.25, 0.3) is 0 Å². The maximum Gasteiger partial charge on any atom is 0.253 e. The van der Waals surface area contributed by atoms with E-state index in [1.54, 1.807) is 18.7 Å². The first-order valence-corrected chi connectivity index (χ1v) is 11.6. The van der Waals surface area contributed by atoms with Crippen LogP contribution in [0.5, 0.6) is 0 Å². The molecule has 4 rings (SSSR count). The molecule has 4 atom stereocenters. The largest absolute Gasteiger partial charge is 0.376 e. The second kappa shape index (κ2) is 8.46. The number of carbonyl (C=O) groups is 2. The van der Waals surface area contributed by atoms with Gasteiger partial charge in [0.15, 0.2) is 0 Å². The molecule has 152 valence electrons. The van der Waals surface area contributed by atoms with Gasteiger partial charge in [-0.1, -0.05) is 0 Å². The molecule has 1 aromatic carbocycles. The fourth-order valence-corrected chi connectivity index (χ4v) is 5.04. The number of carbonyl (C=O) groups excluding carboxylic acids is 2. The van der Waals surface area contributed by atoms with E-state index in [2.05, 4.69) is 5.32 Å². The molecule has 0 unspecified atom stereocenters. The van der Waals surface area contributed by atoms with E-state index in [1.807, 2.05) is 35.4 Å². The first-order valence-electron chi connectivity index (χ1n) is 10.4. The predicted octanol–water partition coefficient (Wildman–Crippen LogP) is 3.19. The van der Waals surface area contributed by atoms with Gasteiger partial charge >= 0.3 is 0 Å². The second-order valence-corrected chi connectivity index (χ2v) is 9.43. The number of fused-ring (bicyclic) bond motifs is 1. The normalized spacial score (nSPS) is 29.4. The average Bonchev–Trinajstić information content (AvgIpc) is 3.43. The highest BCUT2D eigenvalue weighted by Gasteiger charge is 2.44. The number of benzene rings is 1. The van der Waals surface area contributed by atoms with Crippen LogP contribution in [-0.2, 0) is 9.53 Å². The summed E-state index contributed by atoms with van der Waals surface area (Å²) in [6, 6.07) is 7.94. The molecule has 1 aromatic rings. The molecule has 5 nitrogen and oxygen atoms in total. The predicted molar refractivity (Wildman–Crippen MR) is 110 cm³/mol. The van der Waals surface area contributed by atoms with Crippen molar-refractivity contribution in [2.24, 2.45) is 17.8 Å². The maximum absolute atomic E-state index is 13.0. The van der Waals surface area contributed by atoms with Gasteiger partial charge in [0.05, 0.1) is 12.1 Å². The summed E-state index contributed by atoms with van der Waals surface area (Å²) in [5.41, 5.74) is 0.761. The van der Waals surface area contributed by atoms with Crippen molar-refractivity contribution in [1.29, 1.82) is 0 Å². The van der Waals surface area contributed by atoms with Crippen molar-refractivity contribution in [3.8, 4) is 0 Å². The Hall–Kier alpha value is -1.53. The van der Waals surface area contributed by atoms with Gasteiger partial charge in [-0.3, -0.25) is 9.59 Å². The van der Waals surface area contributed by atoms with Gasteiger partial charge < -0.3 is 15.0 Å². The summed E-state index contributed by atoms with van der Waals surface area (Å²) in [5.74, 6) is 1.73. The first-order chi connectivity index (χ1) is 13.5. The molecule has 0 aromatic heterocycles. The average molecular weight is 403 g/mol. The summed E-state index contributed by atoms with van der Waals surface area (Å²) in [4.78, 5) is 27.8. The molecule has 2 amide bonds. The van der Waals surface area contributed by atoms with Gasteiger partial charge in [0.1, 0.15) is 0 Å². The van der Waals surface area contributed by atoms with E-state index in [4.69, 9.17) is 4.74 Å². The molecular weight excluding hydrogens is 372 g/mol. The van der Waals surface area contributed by atoms with Crippen LogP contribution in [0.3, 0.4) is 0 Å². The molecular formula is C22H30N2O3S. The van der Waals surface area contributed by atoms with Crippen molar-refractivity contribution >= 4 is 23.6 Å². The molecule has 0 spiro atoms. The molecule has 1 N–H and O–H groups in total. The third-order valence-electron chi connectivity index (χ3n) is 6.37. The fraction of sp³-hybridized carbons (Fsp3) is 0.636. The Morgan fingerprint density at radius 1 is 1.14 bits per heavy atom. The number of rotatable bonds is 6. The van der Waals surface area contributed by atoms with Gasteiger partial charge in [0, 0.05) is 37.1 Å². The minimum atomic E-state index is 0.00304. The van der Waals surface area contributed by atoms with E-state index in [0.29, 0.717) is 17.8 Å². The Balaban J connectivity index is 1.41. The Morgan fingerprint density at radius 3 is 2.43 bits per heavy atom. The van der Waals surface area contributed by atoms with E-state index in [0.717, 1.165) is 38.1 Å². The standard InChI is InChI=1S/C22H30N2O3S/c1-14(25)23-20-9-17-11-24(22(26)16-5-7-19(28-2)8-6-16)12-18(17)10-21(20)27-13-15-3-4-15/h5-8,15,17-18,20-21H,3-4,9-13H2,1-2H3,(H,23,25)/t17-,18+,20-,21-/m1/s1. The molecule has 6 heteroatoms. The summed E-state index contributed by atoms with van der Waals surface area (Å²) in [7, 11) is 0. The highest BCUT2D eigenvalue weighted by molar-refractivity contribution is 7.98. The van der Waals surface area contributed by atoms with Gasteiger partial charge in [0.25, 0.3) is 5.91 Å². The lowest BCUT2D eigenvalue weighted by atomic mass is 9.77. The lowest BCUT2D eigenvalue weighted by Crippen LogP contribution is -2.50. The summed E-state index contributed by atoms with van der Waals surface area (Å²) >= 11 is 1.68. The van der Waals surface area contributed by atoms with Crippen LogP contribution in [0.4, 0.5) is 0 Å². The smallest absolute Gasteiger partial charge is 0.253 e. The zero-order chi connectivity index (χ0) is 19.7. The highest BCUT2D eigenvalue weighted by atomic mass is 32.2. The van der Waals surface area contributed by atoms with Crippen molar-refractivity contribution in [1.82, 2.24) is 10.2 Å². The van der Waals surface area contributed by atoms with Crippen LogP contribution in [0.1, 0.15) is 43.0 Å².